The Bertz CT molecular complexity index is 594. The lowest BCUT2D eigenvalue weighted by Gasteiger charge is -2.53. The summed E-state index contributed by atoms with van der Waals surface area (Å²) in [6.45, 7) is 4.67. The number of aliphatic hydroxyl groups is 1. The number of ether oxygens (including phenoxy) is 1. The molecule has 1 aromatic carbocycles. The van der Waals surface area contributed by atoms with Crippen molar-refractivity contribution in [3.05, 3.63) is 29.3 Å². The highest BCUT2D eigenvalue weighted by molar-refractivity contribution is 5.40. The Hall–Kier alpha value is -1.02. The van der Waals surface area contributed by atoms with Crippen molar-refractivity contribution in [3.8, 4) is 5.75 Å². The molecule has 5 atom stereocenters. The van der Waals surface area contributed by atoms with Crippen LogP contribution >= 0.6 is 0 Å². The Kier molecular flexibility index (Phi) is 3.72. The summed E-state index contributed by atoms with van der Waals surface area (Å²) in [5.74, 6) is 3.76. The first-order valence-electron chi connectivity index (χ1n) is 9.42. The Morgan fingerprint density at radius 3 is 2.74 bits per heavy atom. The molecule has 23 heavy (non-hydrogen) atoms. The van der Waals surface area contributed by atoms with Crippen LogP contribution in [0.25, 0.3) is 0 Å². The first-order valence-corrected chi connectivity index (χ1v) is 9.42. The summed E-state index contributed by atoms with van der Waals surface area (Å²) in [6, 6.07) is 6.70. The third-order valence-electron chi connectivity index (χ3n) is 7.56. The van der Waals surface area contributed by atoms with Gasteiger partial charge in [0.15, 0.2) is 0 Å². The molecule has 126 valence electrons. The molecule has 0 spiro atoms. The molecule has 3 aliphatic carbocycles. The summed E-state index contributed by atoms with van der Waals surface area (Å²) < 4.78 is 5.41. The van der Waals surface area contributed by atoms with Gasteiger partial charge >= 0.3 is 0 Å². The third kappa shape index (κ3) is 2.10. The van der Waals surface area contributed by atoms with Crippen LogP contribution in [0.1, 0.15) is 63.0 Å². The minimum atomic E-state index is -0.0780. The monoisotopic (exact) mass is 314 g/mol. The molecule has 2 saturated carbocycles. The fourth-order valence-electron chi connectivity index (χ4n) is 6.49. The summed E-state index contributed by atoms with van der Waals surface area (Å²) in [7, 11) is 1.75. The number of hydrogen-bond acceptors (Lipinski definition) is 2. The van der Waals surface area contributed by atoms with E-state index in [1.807, 2.05) is 0 Å². The molecular formula is C21H30O2. The van der Waals surface area contributed by atoms with E-state index in [2.05, 4.69) is 32.0 Å². The first kappa shape index (κ1) is 15.5. The molecule has 0 radical (unpaired) electrons. The number of aliphatic hydroxyl groups excluding tert-OH is 1. The molecular weight excluding hydrogens is 284 g/mol. The zero-order valence-corrected chi connectivity index (χ0v) is 14.7. The van der Waals surface area contributed by atoms with Crippen molar-refractivity contribution in [2.45, 2.75) is 64.4 Å². The summed E-state index contributed by atoms with van der Waals surface area (Å²) in [5.41, 5.74) is 3.26. The number of fused-ring (bicyclic) bond motifs is 5. The van der Waals surface area contributed by atoms with E-state index in [9.17, 15) is 5.11 Å². The topological polar surface area (TPSA) is 29.5 Å². The molecule has 0 amide bonds. The van der Waals surface area contributed by atoms with Gasteiger partial charge in [0.05, 0.1) is 13.2 Å². The second-order valence-corrected chi connectivity index (χ2v) is 8.38. The summed E-state index contributed by atoms with van der Waals surface area (Å²) in [6.07, 6.45) is 7.07. The molecule has 1 aromatic rings. The Labute approximate surface area is 140 Å². The molecule has 2 fully saturated rings. The number of rotatable bonds is 2. The number of benzene rings is 1. The van der Waals surface area contributed by atoms with Gasteiger partial charge in [-0.3, -0.25) is 0 Å². The minimum absolute atomic E-state index is 0.0780. The quantitative estimate of drug-likeness (QED) is 0.868. The van der Waals surface area contributed by atoms with Gasteiger partial charge in [-0.1, -0.05) is 19.9 Å². The molecule has 0 heterocycles. The number of hydrogen-bond donors (Lipinski definition) is 1. The second-order valence-electron chi connectivity index (χ2n) is 8.38. The van der Waals surface area contributed by atoms with E-state index in [1.54, 1.807) is 12.7 Å². The summed E-state index contributed by atoms with van der Waals surface area (Å²) in [5, 5.41) is 10.8. The zero-order chi connectivity index (χ0) is 16.2. The smallest absolute Gasteiger partial charge is 0.119 e. The van der Waals surface area contributed by atoms with Crippen molar-refractivity contribution in [2.24, 2.45) is 23.2 Å². The molecule has 2 nitrogen and oxygen atoms in total. The third-order valence-corrected chi connectivity index (χ3v) is 7.56. The van der Waals surface area contributed by atoms with Gasteiger partial charge in [-0.2, -0.15) is 0 Å². The van der Waals surface area contributed by atoms with Crippen molar-refractivity contribution in [2.75, 3.05) is 7.11 Å². The van der Waals surface area contributed by atoms with Gasteiger partial charge in [-0.05, 0) is 85.5 Å². The summed E-state index contributed by atoms with van der Waals surface area (Å²) >= 11 is 0. The Balaban J connectivity index is 1.70. The number of aryl methyl sites for hydroxylation is 1. The number of methoxy groups -OCH3 is 1. The molecule has 0 unspecified atom stereocenters. The van der Waals surface area contributed by atoms with Gasteiger partial charge in [-0.25, -0.2) is 0 Å². The maximum atomic E-state index is 10.8. The van der Waals surface area contributed by atoms with Crippen molar-refractivity contribution >= 4 is 0 Å². The van der Waals surface area contributed by atoms with Gasteiger partial charge in [0, 0.05) is 5.41 Å². The van der Waals surface area contributed by atoms with Gasteiger partial charge in [0.1, 0.15) is 5.75 Å². The van der Waals surface area contributed by atoms with Crippen LogP contribution in [0.2, 0.25) is 0 Å². The van der Waals surface area contributed by atoms with Crippen LogP contribution in [0.5, 0.6) is 5.75 Å². The SMILES string of the molecule is COc1ccc2c(c1)CC[C@@H]1[C@@H]2CC[C@]2(C(C)C)[C@@H](O)CC[C@@H]12. The standard InChI is InChI=1S/C21H30O2/c1-13(2)21-11-10-17-16-7-5-15(23-3)12-14(16)4-6-18(17)19(21)8-9-20(21)22/h5,7,12-13,17-20,22H,4,6,8-11H2,1-3H3/t17-,18-,19+,20+,21-/m1/s1. The van der Waals surface area contributed by atoms with Crippen LogP contribution in [0.15, 0.2) is 18.2 Å². The fourth-order valence-corrected chi connectivity index (χ4v) is 6.49. The van der Waals surface area contributed by atoms with Crippen molar-refractivity contribution in [1.29, 1.82) is 0 Å². The van der Waals surface area contributed by atoms with Crippen LogP contribution in [-0.4, -0.2) is 18.3 Å². The Morgan fingerprint density at radius 2 is 2.00 bits per heavy atom. The lowest BCUT2D eigenvalue weighted by molar-refractivity contribution is -0.0694. The lowest BCUT2D eigenvalue weighted by atomic mass is 9.52. The van der Waals surface area contributed by atoms with Crippen LogP contribution in [0.4, 0.5) is 0 Å². The average molecular weight is 314 g/mol. The average Bonchev–Trinajstić information content (AvgIpc) is 2.92. The van der Waals surface area contributed by atoms with Crippen LogP contribution in [0, 0.1) is 23.2 Å². The highest BCUT2D eigenvalue weighted by Crippen LogP contribution is 2.63. The van der Waals surface area contributed by atoms with Crippen molar-refractivity contribution in [3.63, 3.8) is 0 Å². The second kappa shape index (κ2) is 5.51. The van der Waals surface area contributed by atoms with Crippen molar-refractivity contribution in [1.82, 2.24) is 0 Å². The predicted octanol–water partition coefficient (Wildman–Crippen LogP) is 4.55. The predicted molar refractivity (Wildman–Crippen MR) is 92.8 cm³/mol. The van der Waals surface area contributed by atoms with Gasteiger partial charge < -0.3 is 9.84 Å². The molecule has 0 aromatic heterocycles. The molecule has 4 rings (SSSR count). The highest BCUT2D eigenvalue weighted by Gasteiger charge is 2.58. The molecule has 0 aliphatic heterocycles. The van der Waals surface area contributed by atoms with E-state index in [4.69, 9.17) is 4.74 Å². The van der Waals surface area contributed by atoms with E-state index in [-0.39, 0.29) is 11.5 Å². The Morgan fingerprint density at radius 1 is 1.17 bits per heavy atom. The largest absolute Gasteiger partial charge is 0.497 e. The molecule has 1 N–H and O–H groups in total. The van der Waals surface area contributed by atoms with Crippen LogP contribution < -0.4 is 4.74 Å². The zero-order valence-electron chi connectivity index (χ0n) is 14.7. The van der Waals surface area contributed by atoms with Gasteiger partial charge in [-0.15, -0.1) is 0 Å². The highest BCUT2D eigenvalue weighted by atomic mass is 16.5. The maximum Gasteiger partial charge on any atom is 0.119 e. The van der Waals surface area contributed by atoms with Gasteiger partial charge in [0.2, 0.25) is 0 Å². The molecule has 0 saturated heterocycles. The maximum absolute atomic E-state index is 10.8. The molecule has 0 bridgehead atoms. The van der Waals surface area contributed by atoms with E-state index < -0.39 is 0 Å². The van der Waals surface area contributed by atoms with E-state index in [0.29, 0.717) is 17.8 Å². The van der Waals surface area contributed by atoms with Crippen molar-refractivity contribution < 1.29 is 9.84 Å². The summed E-state index contributed by atoms with van der Waals surface area (Å²) in [4.78, 5) is 0. The molecule has 3 aliphatic rings. The van der Waals surface area contributed by atoms with E-state index in [1.165, 1.54) is 37.7 Å². The normalized spacial score (nSPS) is 38.8. The van der Waals surface area contributed by atoms with E-state index in [0.717, 1.165) is 18.1 Å². The molecule has 2 heteroatoms. The van der Waals surface area contributed by atoms with Gasteiger partial charge in [0.25, 0.3) is 0 Å². The van der Waals surface area contributed by atoms with Crippen LogP contribution in [-0.2, 0) is 6.42 Å². The minimum Gasteiger partial charge on any atom is -0.497 e. The first-order chi connectivity index (χ1) is 11.1. The fraction of sp³-hybridized carbons (Fsp3) is 0.714. The van der Waals surface area contributed by atoms with E-state index >= 15 is 0 Å². The lowest BCUT2D eigenvalue weighted by Crippen LogP contribution is -2.48. The van der Waals surface area contributed by atoms with Crippen LogP contribution in [0.3, 0.4) is 0 Å².